The van der Waals surface area contributed by atoms with Crippen molar-refractivity contribution in [3.63, 3.8) is 0 Å². The Balaban J connectivity index is 1.73. The molecule has 1 saturated heterocycles. The van der Waals surface area contributed by atoms with Gasteiger partial charge in [-0.25, -0.2) is 0 Å². The molecule has 1 amide bonds. The molecule has 2 fully saturated rings. The van der Waals surface area contributed by atoms with Gasteiger partial charge in [-0.1, -0.05) is 30.1 Å². The average molecular weight is 300 g/mol. The predicted octanol–water partition coefficient (Wildman–Crippen LogP) is 3.46. The van der Waals surface area contributed by atoms with Gasteiger partial charge in [0.15, 0.2) is 0 Å². The van der Waals surface area contributed by atoms with E-state index in [9.17, 15) is 4.79 Å². The molecule has 0 radical (unpaired) electrons. The largest absolute Gasteiger partial charge is 0.399 e. The van der Waals surface area contributed by atoms with E-state index in [-0.39, 0.29) is 5.91 Å². The molecule has 1 heterocycles. The summed E-state index contributed by atoms with van der Waals surface area (Å²) in [5.41, 5.74) is 1.72. The smallest absolute Gasteiger partial charge is 0.254 e. The third kappa shape index (κ3) is 3.16. The summed E-state index contributed by atoms with van der Waals surface area (Å²) in [7, 11) is 1.52. The van der Waals surface area contributed by atoms with Crippen LogP contribution in [0.4, 0.5) is 0 Å². The monoisotopic (exact) mass is 300 g/mol. The number of carbonyl (C=O) groups excluding carboxylic acids is 1. The summed E-state index contributed by atoms with van der Waals surface area (Å²) >= 11 is 0. The minimum Gasteiger partial charge on any atom is -0.399 e. The van der Waals surface area contributed by atoms with Gasteiger partial charge in [0.05, 0.1) is 6.21 Å². The Labute approximate surface area is 132 Å². The maximum absolute atomic E-state index is 12.8. The van der Waals surface area contributed by atoms with E-state index in [4.69, 9.17) is 0 Å². The molecule has 1 aromatic carbocycles. The van der Waals surface area contributed by atoms with Gasteiger partial charge in [-0.2, -0.15) is 0 Å². The van der Waals surface area contributed by atoms with E-state index in [0.29, 0.717) is 6.04 Å². The average Bonchev–Trinajstić information content (AvgIpc) is 2.59. The highest BCUT2D eigenvalue weighted by molar-refractivity contribution is 5.95. The Bertz CT molecular complexity index is 537. The molecule has 2 atom stereocenters. The quantitative estimate of drug-likeness (QED) is 0.633. The molecular formula is C18H24N2O2. The van der Waals surface area contributed by atoms with Crippen molar-refractivity contribution in [3.8, 4) is 0 Å². The zero-order valence-corrected chi connectivity index (χ0v) is 13.2. The lowest BCUT2D eigenvalue weighted by molar-refractivity contribution is 0.0390. The molecule has 3 rings (SSSR count). The zero-order chi connectivity index (χ0) is 15.4. The van der Waals surface area contributed by atoms with E-state index in [1.165, 1.54) is 39.2 Å². The Kier molecular flexibility index (Phi) is 4.76. The van der Waals surface area contributed by atoms with Gasteiger partial charge >= 0.3 is 0 Å². The second-order valence-electron chi connectivity index (χ2n) is 6.29. The molecule has 1 saturated carbocycles. The third-order valence-electron chi connectivity index (χ3n) is 4.97. The maximum atomic E-state index is 12.8. The first kappa shape index (κ1) is 15.1. The first-order chi connectivity index (χ1) is 10.8. The Morgan fingerprint density at radius 1 is 1.18 bits per heavy atom. The van der Waals surface area contributed by atoms with Gasteiger partial charge in [0.2, 0.25) is 0 Å². The third-order valence-corrected chi connectivity index (χ3v) is 4.97. The van der Waals surface area contributed by atoms with Crippen LogP contribution in [0.15, 0.2) is 29.4 Å². The fraction of sp³-hybridized carbons (Fsp3) is 0.556. The molecule has 2 aliphatic rings. The standard InChI is InChI=1S/C18H24N2O2/c1-22-19-13-14-8-10-16(11-9-14)18(21)20-12-4-6-15-5-2-3-7-17(15)20/h8-11,13,15,17H,2-7,12H2,1H3/b19-13+. The van der Waals surface area contributed by atoms with E-state index in [2.05, 4.69) is 14.9 Å². The van der Waals surface area contributed by atoms with Crippen molar-refractivity contribution in [2.75, 3.05) is 13.7 Å². The van der Waals surface area contributed by atoms with Gasteiger partial charge < -0.3 is 9.74 Å². The zero-order valence-electron chi connectivity index (χ0n) is 13.2. The van der Waals surface area contributed by atoms with Gasteiger partial charge in [-0.3, -0.25) is 4.79 Å². The van der Waals surface area contributed by atoms with Crippen LogP contribution < -0.4 is 0 Å². The number of hydrogen-bond acceptors (Lipinski definition) is 3. The maximum Gasteiger partial charge on any atom is 0.254 e. The van der Waals surface area contributed by atoms with E-state index < -0.39 is 0 Å². The normalized spacial score (nSPS) is 25.0. The number of benzene rings is 1. The number of likely N-dealkylation sites (tertiary alicyclic amines) is 1. The second-order valence-corrected chi connectivity index (χ2v) is 6.29. The predicted molar refractivity (Wildman–Crippen MR) is 87.1 cm³/mol. The minimum absolute atomic E-state index is 0.187. The lowest BCUT2D eigenvalue weighted by atomic mass is 9.78. The number of hydrogen-bond donors (Lipinski definition) is 0. The van der Waals surface area contributed by atoms with Crippen LogP contribution in [-0.2, 0) is 4.84 Å². The topological polar surface area (TPSA) is 41.9 Å². The SMILES string of the molecule is CO/N=C/c1ccc(C(=O)N2CCCC3CCCCC32)cc1. The van der Waals surface area contributed by atoms with Crippen LogP contribution in [0.2, 0.25) is 0 Å². The lowest BCUT2D eigenvalue weighted by Gasteiger charge is -2.44. The van der Waals surface area contributed by atoms with Crippen LogP contribution in [0, 0.1) is 5.92 Å². The number of piperidine rings is 1. The molecule has 118 valence electrons. The molecule has 4 nitrogen and oxygen atoms in total. The second kappa shape index (κ2) is 6.95. The van der Waals surface area contributed by atoms with Crippen LogP contribution >= 0.6 is 0 Å². The van der Waals surface area contributed by atoms with Crippen molar-refractivity contribution < 1.29 is 9.63 Å². The van der Waals surface area contributed by atoms with Crippen molar-refractivity contribution in [1.29, 1.82) is 0 Å². The van der Waals surface area contributed by atoms with Crippen molar-refractivity contribution >= 4 is 12.1 Å². The Hall–Kier alpha value is -1.84. The molecular weight excluding hydrogens is 276 g/mol. The van der Waals surface area contributed by atoms with Gasteiger partial charge in [-0.05, 0) is 49.3 Å². The molecule has 1 aromatic rings. The van der Waals surface area contributed by atoms with Gasteiger partial charge in [0, 0.05) is 18.2 Å². The Morgan fingerprint density at radius 2 is 1.91 bits per heavy atom. The highest BCUT2D eigenvalue weighted by Gasteiger charge is 2.35. The van der Waals surface area contributed by atoms with Crippen molar-refractivity contribution in [2.24, 2.45) is 11.1 Å². The molecule has 2 unspecified atom stereocenters. The number of fused-ring (bicyclic) bond motifs is 1. The molecule has 0 aromatic heterocycles. The first-order valence-electron chi connectivity index (χ1n) is 8.27. The van der Waals surface area contributed by atoms with E-state index in [1.54, 1.807) is 6.21 Å². The molecule has 0 N–H and O–H groups in total. The summed E-state index contributed by atoms with van der Waals surface area (Å²) in [4.78, 5) is 19.7. The summed E-state index contributed by atoms with van der Waals surface area (Å²) in [6, 6.07) is 8.08. The highest BCUT2D eigenvalue weighted by Crippen LogP contribution is 2.35. The number of amides is 1. The van der Waals surface area contributed by atoms with Crippen LogP contribution in [0.25, 0.3) is 0 Å². The van der Waals surface area contributed by atoms with Gasteiger partial charge in [0.25, 0.3) is 5.91 Å². The van der Waals surface area contributed by atoms with Crippen LogP contribution in [-0.4, -0.2) is 36.7 Å². The molecule has 1 aliphatic heterocycles. The number of nitrogens with zero attached hydrogens (tertiary/aromatic N) is 2. The molecule has 1 aliphatic carbocycles. The minimum atomic E-state index is 0.187. The lowest BCUT2D eigenvalue weighted by Crippen LogP contribution is -2.49. The van der Waals surface area contributed by atoms with Crippen LogP contribution in [0.1, 0.15) is 54.4 Å². The van der Waals surface area contributed by atoms with E-state index in [1.807, 2.05) is 24.3 Å². The Morgan fingerprint density at radius 3 is 2.68 bits per heavy atom. The van der Waals surface area contributed by atoms with Crippen LogP contribution in [0.5, 0.6) is 0 Å². The van der Waals surface area contributed by atoms with E-state index >= 15 is 0 Å². The summed E-state index contributed by atoms with van der Waals surface area (Å²) in [5.74, 6) is 0.909. The van der Waals surface area contributed by atoms with Crippen molar-refractivity contribution in [3.05, 3.63) is 35.4 Å². The highest BCUT2D eigenvalue weighted by atomic mass is 16.6. The van der Waals surface area contributed by atoms with Crippen LogP contribution in [0.3, 0.4) is 0 Å². The fourth-order valence-electron chi connectivity index (χ4n) is 3.87. The number of rotatable bonds is 3. The number of oxime groups is 1. The summed E-state index contributed by atoms with van der Waals surface area (Å²) in [5, 5.41) is 3.74. The molecule has 4 heteroatoms. The summed E-state index contributed by atoms with van der Waals surface area (Å²) < 4.78 is 0. The van der Waals surface area contributed by atoms with Gasteiger partial charge in [-0.15, -0.1) is 0 Å². The molecule has 0 spiro atoms. The van der Waals surface area contributed by atoms with E-state index in [0.717, 1.165) is 30.0 Å². The first-order valence-corrected chi connectivity index (χ1v) is 8.27. The summed E-state index contributed by atoms with van der Waals surface area (Å²) in [6.45, 7) is 0.910. The van der Waals surface area contributed by atoms with Crippen molar-refractivity contribution in [2.45, 2.75) is 44.6 Å². The fourth-order valence-corrected chi connectivity index (χ4v) is 3.87. The molecule has 0 bridgehead atoms. The molecule has 22 heavy (non-hydrogen) atoms. The van der Waals surface area contributed by atoms with Crippen molar-refractivity contribution in [1.82, 2.24) is 4.90 Å². The van der Waals surface area contributed by atoms with Gasteiger partial charge in [0.1, 0.15) is 7.11 Å². The number of carbonyl (C=O) groups is 1. The summed E-state index contributed by atoms with van der Waals surface area (Å²) in [6.07, 6.45) is 9.14.